The zero-order valence-electron chi connectivity index (χ0n) is 9.46. The van der Waals surface area contributed by atoms with E-state index in [1.807, 2.05) is 6.07 Å². The molecule has 0 radical (unpaired) electrons. The van der Waals surface area contributed by atoms with E-state index < -0.39 is 0 Å². The van der Waals surface area contributed by atoms with Crippen LogP contribution in [-0.2, 0) is 6.42 Å². The number of halogens is 1. The van der Waals surface area contributed by atoms with E-state index in [2.05, 4.69) is 18.7 Å². The van der Waals surface area contributed by atoms with Crippen LogP contribution in [0.3, 0.4) is 0 Å². The number of anilines is 1. The van der Waals surface area contributed by atoms with Crippen molar-refractivity contribution in [2.24, 2.45) is 5.73 Å². The van der Waals surface area contributed by atoms with Crippen molar-refractivity contribution in [1.29, 1.82) is 0 Å². The number of hydrogen-bond acceptors (Lipinski definition) is 2. The molecule has 0 amide bonds. The highest BCUT2D eigenvalue weighted by molar-refractivity contribution is 5.53. The first kappa shape index (κ1) is 12.0. The number of nitrogens with two attached hydrogens (primary N) is 1. The number of nitrogens with zero attached hydrogens (tertiary/aromatic N) is 1. The SMILES string of the molecule is CCN(CC)c1ccc(F)cc1CCN. The molecule has 1 rings (SSSR count). The van der Waals surface area contributed by atoms with E-state index in [4.69, 9.17) is 5.73 Å². The molecule has 3 heteroatoms. The predicted molar refractivity (Wildman–Crippen MR) is 62.7 cm³/mol. The fourth-order valence-electron chi connectivity index (χ4n) is 1.78. The Morgan fingerprint density at radius 2 is 1.93 bits per heavy atom. The van der Waals surface area contributed by atoms with Gasteiger partial charge >= 0.3 is 0 Å². The van der Waals surface area contributed by atoms with Crippen molar-refractivity contribution in [2.45, 2.75) is 20.3 Å². The second-order valence-electron chi connectivity index (χ2n) is 3.48. The van der Waals surface area contributed by atoms with Crippen molar-refractivity contribution in [3.63, 3.8) is 0 Å². The minimum atomic E-state index is -0.186. The average molecular weight is 210 g/mol. The maximum Gasteiger partial charge on any atom is 0.123 e. The van der Waals surface area contributed by atoms with Gasteiger partial charge in [-0.1, -0.05) is 0 Å². The quantitative estimate of drug-likeness (QED) is 0.807. The first-order valence-corrected chi connectivity index (χ1v) is 5.46. The number of benzene rings is 1. The zero-order chi connectivity index (χ0) is 11.3. The van der Waals surface area contributed by atoms with Gasteiger partial charge in [0.05, 0.1) is 0 Å². The molecule has 1 aromatic rings. The monoisotopic (exact) mass is 210 g/mol. The van der Waals surface area contributed by atoms with Crippen LogP contribution in [0.1, 0.15) is 19.4 Å². The molecule has 0 saturated carbocycles. The maximum atomic E-state index is 13.1. The Morgan fingerprint density at radius 3 is 2.47 bits per heavy atom. The molecule has 1 aromatic carbocycles. The standard InChI is InChI=1S/C12H19FN2/c1-3-15(4-2)12-6-5-11(13)9-10(12)7-8-14/h5-6,9H,3-4,7-8,14H2,1-2H3. The second kappa shape index (κ2) is 5.71. The van der Waals surface area contributed by atoms with Crippen LogP contribution in [0.2, 0.25) is 0 Å². The van der Waals surface area contributed by atoms with Gasteiger partial charge in [-0.05, 0) is 50.6 Å². The lowest BCUT2D eigenvalue weighted by molar-refractivity contribution is 0.624. The highest BCUT2D eigenvalue weighted by Gasteiger charge is 2.08. The van der Waals surface area contributed by atoms with Gasteiger partial charge in [0, 0.05) is 18.8 Å². The summed E-state index contributed by atoms with van der Waals surface area (Å²) in [4.78, 5) is 2.21. The largest absolute Gasteiger partial charge is 0.372 e. The fraction of sp³-hybridized carbons (Fsp3) is 0.500. The molecule has 0 bridgehead atoms. The van der Waals surface area contributed by atoms with Gasteiger partial charge < -0.3 is 10.6 Å². The normalized spacial score (nSPS) is 10.4. The fourth-order valence-corrected chi connectivity index (χ4v) is 1.78. The summed E-state index contributed by atoms with van der Waals surface area (Å²) in [6.07, 6.45) is 0.726. The lowest BCUT2D eigenvalue weighted by atomic mass is 10.1. The van der Waals surface area contributed by atoms with Crippen LogP contribution in [-0.4, -0.2) is 19.6 Å². The summed E-state index contributed by atoms with van der Waals surface area (Å²) >= 11 is 0. The van der Waals surface area contributed by atoms with E-state index >= 15 is 0 Å². The van der Waals surface area contributed by atoms with Crippen molar-refractivity contribution in [3.05, 3.63) is 29.6 Å². The van der Waals surface area contributed by atoms with Gasteiger partial charge in [0.15, 0.2) is 0 Å². The lowest BCUT2D eigenvalue weighted by Gasteiger charge is -2.24. The zero-order valence-corrected chi connectivity index (χ0v) is 9.46. The molecule has 2 N–H and O–H groups in total. The average Bonchev–Trinajstić information content (AvgIpc) is 2.23. The summed E-state index contributed by atoms with van der Waals surface area (Å²) in [5, 5.41) is 0. The summed E-state index contributed by atoms with van der Waals surface area (Å²) in [6, 6.07) is 4.93. The second-order valence-corrected chi connectivity index (χ2v) is 3.48. The summed E-state index contributed by atoms with van der Waals surface area (Å²) in [6.45, 7) is 6.61. The van der Waals surface area contributed by atoms with Crippen LogP contribution in [0.15, 0.2) is 18.2 Å². The van der Waals surface area contributed by atoms with Crippen LogP contribution in [0.5, 0.6) is 0 Å². The first-order valence-electron chi connectivity index (χ1n) is 5.46. The molecule has 0 atom stereocenters. The van der Waals surface area contributed by atoms with Gasteiger partial charge in [0.2, 0.25) is 0 Å². The van der Waals surface area contributed by atoms with Crippen molar-refractivity contribution in [3.8, 4) is 0 Å². The van der Waals surface area contributed by atoms with Crippen molar-refractivity contribution in [1.82, 2.24) is 0 Å². The van der Waals surface area contributed by atoms with E-state index in [9.17, 15) is 4.39 Å². The van der Waals surface area contributed by atoms with Gasteiger partial charge in [-0.2, -0.15) is 0 Å². The van der Waals surface area contributed by atoms with Gasteiger partial charge in [0.1, 0.15) is 5.82 Å². The van der Waals surface area contributed by atoms with E-state index in [0.29, 0.717) is 6.54 Å². The van der Waals surface area contributed by atoms with Crippen LogP contribution < -0.4 is 10.6 Å². The summed E-state index contributed by atoms with van der Waals surface area (Å²) in [7, 11) is 0. The molecule has 0 fully saturated rings. The topological polar surface area (TPSA) is 29.3 Å². The Balaban J connectivity index is 3.03. The van der Waals surface area contributed by atoms with Gasteiger partial charge in [0.25, 0.3) is 0 Å². The molecule has 0 spiro atoms. The molecule has 15 heavy (non-hydrogen) atoms. The minimum absolute atomic E-state index is 0.186. The summed E-state index contributed by atoms with van der Waals surface area (Å²) in [5.41, 5.74) is 7.63. The number of hydrogen-bond donors (Lipinski definition) is 1. The third-order valence-corrected chi connectivity index (χ3v) is 2.56. The molecule has 0 heterocycles. The Kier molecular flexibility index (Phi) is 4.56. The molecule has 0 aromatic heterocycles. The van der Waals surface area contributed by atoms with Gasteiger partial charge in [-0.15, -0.1) is 0 Å². The minimum Gasteiger partial charge on any atom is -0.372 e. The third kappa shape index (κ3) is 2.93. The Bertz CT molecular complexity index is 308. The van der Waals surface area contributed by atoms with Crippen molar-refractivity contribution >= 4 is 5.69 Å². The predicted octanol–water partition coefficient (Wildman–Crippen LogP) is 2.17. The van der Waals surface area contributed by atoms with Crippen molar-refractivity contribution < 1.29 is 4.39 Å². The van der Waals surface area contributed by atoms with Crippen LogP contribution in [0, 0.1) is 5.82 Å². The molecular formula is C12H19FN2. The van der Waals surface area contributed by atoms with E-state index in [1.54, 1.807) is 6.07 Å². The molecule has 0 aliphatic heterocycles. The number of rotatable bonds is 5. The lowest BCUT2D eigenvalue weighted by Crippen LogP contribution is -2.23. The maximum absolute atomic E-state index is 13.1. The summed E-state index contributed by atoms with van der Waals surface area (Å²) < 4.78 is 13.1. The van der Waals surface area contributed by atoms with Crippen LogP contribution >= 0.6 is 0 Å². The Morgan fingerprint density at radius 1 is 1.27 bits per heavy atom. The molecule has 2 nitrogen and oxygen atoms in total. The molecule has 84 valence electrons. The van der Waals surface area contributed by atoms with E-state index in [1.165, 1.54) is 6.07 Å². The smallest absolute Gasteiger partial charge is 0.123 e. The van der Waals surface area contributed by atoms with Crippen LogP contribution in [0.4, 0.5) is 10.1 Å². The first-order chi connectivity index (χ1) is 7.22. The van der Waals surface area contributed by atoms with Crippen LogP contribution in [0.25, 0.3) is 0 Å². The van der Waals surface area contributed by atoms with E-state index in [-0.39, 0.29) is 5.82 Å². The van der Waals surface area contributed by atoms with Gasteiger partial charge in [-0.3, -0.25) is 0 Å². The third-order valence-electron chi connectivity index (χ3n) is 2.56. The molecule has 0 aliphatic rings. The summed E-state index contributed by atoms with van der Waals surface area (Å²) in [5.74, 6) is -0.186. The highest BCUT2D eigenvalue weighted by atomic mass is 19.1. The molecule has 0 saturated heterocycles. The highest BCUT2D eigenvalue weighted by Crippen LogP contribution is 2.21. The van der Waals surface area contributed by atoms with E-state index in [0.717, 1.165) is 30.8 Å². The molecule has 0 aliphatic carbocycles. The molecule has 0 unspecified atom stereocenters. The Labute approximate surface area is 90.9 Å². The Hall–Kier alpha value is -1.09. The van der Waals surface area contributed by atoms with Crippen molar-refractivity contribution in [2.75, 3.05) is 24.5 Å². The van der Waals surface area contributed by atoms with Gasteiger partial charge in [-0.25, -0.2) is 4.39 Å². The molecular weight excluding hydrogens is 191 g/mol.